The first kappa shape index (κ1) is 11.4. The Hall–Kier alpha value is -2.04. The van der Waals surface area contributed by atoms with Crippen LogP contribution in [0, 0.1) is 0 Å². The number of carboxylic acids is 1. The average molecular weight is 235 g/mol. The van der Waals surface area contributed by atoms with Gasteiger partial charge in [-0.25, -0.2) is 0 Å². The van der Waals surface area contributed by atoms with Crippen LogP contribution in [-0.2, 0) is 16.0 Å². The first-order valence-electron chi connectivity index (χ1n) is 5.33. The van der Waals surface area contributed by atoms with Crippen molar-refractivity contribution in [2.24, 2.45) is 4.99 Å². The molecule has 1 aliphatic rings. The fourth-order valence-corrected chi connectivity index (χ4v) is 1.66. The van der Waals surface area contributed by atoms with Crippen LogP contribution in [0.3, 0.4) is 0 Å². The van der Waals surface area contributed by atoms with E-state index in [9.17, 15) is 4.79 Å². The van der Waals surface area contributed by atoms with Gasteiger partial charge in [0.1, 0.15) is 11.9 Å². The molecule has 0 saturated heterocycles. The summed E-state index contributed by atoms with van der Waals surface area (Å²) >= 11 is 0. The van der Waals surface area contributed by atoms with E-state index in [-0.39, 0.29) is 18.3 Å². The van der Waals surface area contributed by atoms with E-state index < -0.39 is 5.97 Å². The summed E-state index contributed by atoms with van der Waals surface area (Å²) in [6.45, 7) is 0.402. The van der Waals surface area contributed by atoms with Gasteiger partial charge in [0, 0.05) is 6.42 Å². The second-order valence-corrected chi connectivity index (χ2v) is 3.92. The number of hydrogen-bond donors (Lipinski definition) is 2. The van der Waals surface area contributed by atoms with Gasteiger partial charge in [0.2, 0.25) is 0 Å². The molecule has 17 heavy (non-hydrogen) atoms. The molecule has 1 aromatic rings. The number of rotatable bonds is 4. The van der Waals surface area contributed by atoms with Gasteiger partial charge in [0.25, 0.3) is 0 Å². The molecule has 5 nitrogen and oxygen atoms in total. The Labute approximate surface area is 98.4 Å². The number of aliphatic carboxylic acids is 1. The fraction of sp³-hybridized carbons (Fsp3) is 0.333. The number of aromatic hydroxyl groups is 1. The van der Waals surface area contributed by atoms with Gasteiger partial charge in [0.05, 0.1) is 13.0 Å². The lowest BCUT2D eigenvalue weighted by Gasteiger charge is -2.08. The topological polar surface area (TPSA) is 79.1 Å². The summed E-state index contributed by atoms with van der Waals surface area (Å²) in [5.74, 6) is -0.107. The highest BCUT2D eigenvalue weighted by Crippen LogP contribution is 2.15. The molecule has 0 aliphatic carbocycles. The summed E-state index contributed by atoms with van der Waals surface area (Å²) in [4.78, 5) is 14.7. The van der Waals surface area contributed by atoms with Crippen LogP contribution in [0.4, 0.5) is 0 Å². The molecule has 0 aromatic heterocycles. The maximum absolute atomic E-state index is 10.5. The van der Waals surface area contributed by atoms with Gasteiger partial charge < -0.3 is 14.9 Å². The normalized spacial score (nSPS) is 18.6. The monoisotopic (exact) mass is 235 g/mol. The number of phenolic OH excluding ortho intramolecular Hbond substituents is 1. The minimum absolute atomic E-state index is 0.0252. The molecule has 5 heteroatoms. The van der Waals surface area contributed by atoms with Crippen LogP contribution in [0.1, 0.15) is 12.0 Å². The van der Waals surface area contributed by atoms with E-state index in [0.29, 0.717) is 18.9 Å². The molecule has 1 unspecified atom stereocenters. The zero-order valence-electron chi connectivity index (χ0n) is 9.17. The van der Waals surface area contributed by atoms with Crippen molar-refractivity contribution in [1.82, 2.24) is 0 Å². The lowest BCUT2D eigenvalue weighted by molar-refractivity contribution is -0.138. The molecule has 0 saturated carbocycles. The Morgan fingerprint density at radius 1 is 1.41 bits per heavy atom. The van der Waals surface area contributed by atoms with E-state index in [2.05, 4.69) is 4.99 Å². The van der Waals surface area contributed by atoms with Crippen molar-refractivity contribution in [1.29, 1.82) is 0 Å². The van der Waals surface area contributed by atoms with Gasteiger partial charge in [-0.05, 0) is 17.7 Å². The largest absolute Gasteiger partial charge is 0.508 e. The molecular formula is C12H13NO4. The first-order chi connectivity index (χ1) is 8.13. The highest BCUT2D eigenvalue weighted by molar-refractivity contribution is 5.81. The minimum Gasteiger partial charge on any atom is -0.508 e. The number of ether oxygens (including phenoxy) is 1. The van der Waals surface area contributed by atoms with Gasteiger partial charge in [-0.3, -0.25) is 9.79 Å². The van der Waals surface area contributed by atoms with Crippen LogP contribution in [0.25, 0.3) is 0 Å². The standard InChI is InChI=1S/C12H13NO4/c14-9-3-1-8(2-4-9)5-11-13-7-10(17-11)6-12(15)16/h1-4,10,14H,5-7H2,(H,15,16). The number of carboxylic acid groups (broad SMARTS) is 1. The van der Waals surface area contributed by atoms with Crippen molar-refractivity contribution in [3.63, 3.8) is 0 Å². The predicted molar refractivity (Wildman–Crippen MR) is 61.2 cm³/mol. The van der Waals surface area contributed by atoms with E-state index >= 15 is 0 Å². The van der Waals surface area contributed by atoms with Crippen molar-refractivity contribution in [3.8, 4) is 5.75 Å². The summed E-state index contributed by atoms with van der Waals surface area (Å²) in [7, 11) is 0. The molecule has 1 aliphatic heterocycles. The zero-order chi connectivity index (χ0) is 12.3. The molecule has 2 rings (SSSR count). The molecule has 0 radical (unpaired) electrons. The number of carbonyl (C=O) groups is 1. The van der Waals surface area contributed by atoms with Gasteiger partial charge >= 0.3 is 5.97 Å². The molecular weight excluding hydrogens is 222 g/mol. The Morgan fingerprint density at radius 3 is 2.76 bits per heavy atom. The van der Waals surface area contributed by atoms with Crippen LogP contribution in [0.2, 0.25) is 0 Å². The number of aliphatic imine (C=N–C) groups is 1. The Kier molecular flexibility index (Phi) is 3.27. The first-order valence-corrected chi connectivity index (χ1v) is 5.33. The maximum atomic E-state index is 10.5. The molecule has 1 aromatic carbocycles. The highest BCUT2D eigenvalue weighted by Gasteiger charge is 2.22. The number of benzene rings is 1. The molecule has 1 heterocycles. The van der Waals surface area contributed by atoms with Crippen molar-refractivity contribution in [2.75, 3.05) is 6.54 Å². The van der Waals surface area contributed by atoms with Crippen molar-refractivity contribution < 1.29 is 19.7 Å². The smallest absolute Gasteiger partial charge is 0.307 e. The van der Waals surface area contributed by atoms with E-state index in [0.717, 1.165) is 5.56 Å². The number of nitrogens with zero attached hydrogens (tertiary/aromatic N) is 1. The van der Waals surface area contributed by atoms with E-state index in [4.69, 9.17) is 14.9 Å². The van der Waals surface area contributed by atoms with Crippen LogP contribution < -0.4 is 0 Å². The second-order valence-electron chi connectivity index (χ2n) is 3.92. The summed E-state index contributed by atoms with van der Waals surface area (Å²) in [6.07, 6.45) is 0.151. The third-order valence-corrected chi connectivity index (χ3v) is 2.47. The van der Waals surface area contributed by atoms with E-state index in [1.807, 2.05) is 0 Å². The lowest BCUT2D eigenvalue weighted by Crippen LogP contribution is -2.18. The van der Waals surface area contributed by atoms with E-state index in [1.165, 1.54) is 0 Å². The van der Waals surface area contributed by atoms with Crippen LogP contribution in [-0.4, -0.2) is 34.7 Å². The zero-order valence-corrected chi connectivity index (χ0v) is 9.17. The predicted octanol–water partition coefficient (Wildman–Crippen LogP) is 1.21. The molecule has 0 bridgehead atoms. The Bertz CT molecular complexity index is 438. The van der Waals surface area contributed by atoms with Crippen LogP contribution in [0.5, 0.6) is 5.75 Å². The fourth-order valence-electron chi connectivity index (χ4n) is 1.66. The van der Waals surface area contributed by atoms with Crippen molar-refractivity contribution in [3.05, 3.63) is 29.8 Å². The summed E-state index contributed by atoms with van der Waals surface area (Å²) in [6, 6.07) is 6.76. The Balaban J connectivity index is 1.89. The molecule has 0 fully saturated rings. The summed E-state index contributed by atoms with van der Waals surface area (Å²) in [5.41, 5.74) is 0.970. The highest BCUT2D eigenvalue weighted by atomic mass is 16.5. The van der Waals surface area contributed by atoms with Gasteiger partial charge in [-0.2, -0.15) is 0 Å². The van der Waals surface area contributed by atoms with Crippen molar-refractivity contribution in [2.45, 2.75) is 18.9 Å². The molecule has 2 N–H and O–H groups in total. The van der Waals surface area contributed by atoms with Gasteiger partial charge in [0.15, 0.2) is 5.90 Å². The minimum atomic E-state index is -0.879. The molecule has 90 valence electrons. The van der Waals surface area contributed by atoms with Crippen LogP contribution in [0.15, 0.2) is 29.3 Å². The SMILES string of the molecule is O=C(O)CC1CN=C(Cc2ccc(O)cc2)O1. The quantitative estimate of drug-likeness (QED) is 0.822. The second kappa shape index (κ2) is 4.86. The van der Waals surface area contributed by atoms with Gasteiger partial charge in [-0.15, -0.1) is 0 Å². The third-order valence-electron chi connectivity index (χ3n) is 2.47. The van der Waals surface area contributed by atoms with E-state index in [1.54, 1.807) is 24.3 Å². The lowest BCUT2D eigenvalue weighted by atomic mass is 10.1. The summed E-state index contributed by atoms with van der Waals surface area (Å²) in [5, 5.41) is 17.8. The molecule has 1 atom stereocenters. The summed E-state index contributed by atoms with van der Waals surface area (Å²) < 4.78 is 5.41. The third kappa shape index (κ3) is 3.21. The number of hydrogen-bond acceptors (Lipinski definition) is 4. The van der Waals surface area contributed by atoms with Gasteiger partial charge in [-0.1, -0.05) is 12.1 Å². The Morgan fingerprint density at radius 2 is 2.12 bits per heavy atom. The average Bonchev–Trinajstić information content (AvgIpc) is 2.68. The maximum Gasteiger partial charge on any atom is 0.307 e. The molecule has 0 spiro atoms. The molecule has 0 amide bonds. The number of phenols is 1. The van der Waals surface area contributed by atoms with Crippen molar-refractivity contribution >= 4 is 11.9 Å². The van der Waals surface area contributed by atoms with Crippen LogP contribution >= 0.6 is 0 Å².